The number of carbonyl (C=O) groups is 3. The molecular formula is C30H25N3O5. The molecule has 2 aliphatic rings. The second-order valence-electron chi connectivity index (χ2n) is 9.65. The maximum Gasteiger partial charge on any atom is 0.339 e. The van der Waals surface area contributed by atoms with E-state index in [2.05, 4.69) is 12.2 Å². The van der Waals surface area contributed by atoms with Crippen LogP contribution in [0.25, 0.3) is 22.6 Å². The van der Waals surface area contributed by atoms with Crippen molar-refractivity contribution in [3.05, 3.63) is 89.5 Å². The van der Waals surface area contributed by atoms with E-state index in [9.17, 15) is 14.4 Å². The Labute approximate surface area is 218 Å². The topological polar surface area (TPSA) is 102 Å². The smallest absolute Gasteiger partial charge is 0.339 e. The molecule has 6 rings (SSSR count). The van der Waals surface area contributed by atoms with Crippen molar-refractivity contribution in [3.8, 4) is 0 Å². The first-order valence-electron chi connectivity index (χ1n) is 12.5. The molecule has 0 saturated heterocycles. The monoisotopic (exact) mass is 507 g/mol. The highest BCUT2D eigenvalue weighted by molar-refractivity contribution is 6.11. The largest absolute Gasteiger partial charge is 0.465 e. The number of hydrogen-bond donors (Lipinski definition) is 1. The average Bonchev–Trinajstić information content (AvgIpc) is 3.43. The lowest BCUT2D eigenvalue weighted by Crippen LogP contribution is -2.44. The van der Waals surface area contributed by atoms with Gasteiger partial charge in [0.05, 0.1) is 34.4 Å². The molecule has 190 valence electrons. The zero-order valence-corrected chi connectivity index (χ0v) is 20.8. The van der Waals surface area contributed by atoms with Gasteiger partial charge in [-0.25, -0.2) is 9.78 Å². The molecule has 1 aliphatic heterocycles. The molecule has 0 spiro atoms. The van der Waals surface area contributed by atoms with Crippen LogP contribution < -0.4 is 10.2 Å². The van der Waals surface area contributed by atoms with Crippen LogP contribution >= 0.6 is 0 Å². The van der Waals surface area contributed by atoms with Crippen LogP contribution in [0, 0.1) is 5.92 Å². The molecule has 8 nitrogen and oxygen atoms in total. The molecule has 2 amide bonds. The number of esters is 1. The Morgan fingerprint density at radius 3 is 2.76 bits per heavy atom. The van der Waals surface area contributed by atoms with Crippen molar-refractivity contribution in [2.75, 3.05) is 23.4 Å². The van der Waals surface area contributed by atoms with Gasteiger partial charge in [-0.05, 0) is 66.3 Å². The number of nitrogens with zero attached hydrogens (tertiary/aromatic N) is 2. The summed E-state index contributed by atoms with van der Waals surface area (Å²) >= 11 is 0. The van der Waals surface area contributed by atoms with Gasteiger partial charge in [0, 0.05) is 5.39 Å². The molecule has 0 radical (unpaired) electrons. The third-order valence-corrected chi connectivity index (χ3v) is 6.88. The first-order chi connectivity index (χ1) is 18.5. The number of pyridine rings is 1. The highest BCUT2D eigenvalue weighted by atomic mass is 16.5. The highest BCUT2D eigenvalue weighted by Crippen LogP contribution is 2.39. The van der Waals surface area contributed by atoms with Gasteiger partial charge < -0.3 is 14.5 Å². The number of para-hydroxylation sites is 3. The summed E-state index contributed by atoms with van der Waals surface area (Å²) in [5, 5.41) is 3.43. The van der Waals surface area contributed by atoms with Crippen LogP contribution in [0.2, 0.25) is 0 Å². The predicted molar refractivity (Wildman–Crippen MR) is 144 cm³/mol. The van der Waals surface area contributed by atoms with Crippen molar-refractivity contribution in [1.82, 2.24) is 4.98 Å². The summed E-state index contributed by atoms with van der Waals surface area (Å²) in [5.41, 5.74) is 4.75. The highest BCUT2D eigenvalue weighted by Gasteiger charge is 2.31. The van der Waals surface area contributed by atoms with Crippen molar-refractivity contribution >= 4 is 51.7 Å². The third kappa shape index (κ3) is 4.34. The van der Waals surface area contributed by atoms with E-state index in [0.717, 1.165) is 29.0 Å². The number of anilines is 2. The van der Waals surface area contributed by atoms with Gasteiger partial charge in [-0.1, -0.05) is 37.3 Å². The van der Waals surface area contributed by atoms with Crippen LogP contribution in [0.1, 0.15) is 40.7 Å². The molecule has 1 atom stereocenters. The molecule has 0 bridgehead atoms. The Kier molecular flexibility index (Phi) is 5.99. The first kappa shape index (κ1) is 23.7. The van der Waals surface area contributed by atoms with E-state index in [1.54, 1.807) is 30.5 Å². The molecule has 38 heavy (non-hydrogen) atoms. The van der Waals surface area contributed by atoms with E-state index in [0.29, 0.717) is 34.3 Å². The predicted octanol–water partition coefficient (Wildman–Crippen LogP) is 5.09. The summed E-state index contributed by atoms with van der Waals surface area (Å²) < 4.78 is 11.2. The maximum atomic E-state index is 13.6. The van der Waals surface area contributed by atoms with Crippen LogP contribution in [0.5, 0.6) is 0 Å². The van der Waals surface area contributed by atoms with Crippen LogP contribution in [0.15, 0.2) is 71.3 Å². The molecule has 1 aliphatic carbocycles. The van der Waals surface area contributed by atoms with Crippen LogP contribution in [-0.2, 0) is 20.7 Å². The van der Waals surface area contributed by atoms with Gasteiger partial charge in [-0.3, -0.25) is 14.5 Å². The van der Waals surface area contributed by atoms with Gasteiger partial charge in [0.2, 0.25) is 5.91 Å². The standard InChI is InChI=1S/C30H25N3O5/c1-18-13-19(15-20-7-6-12-37-20)29-22(14-18)28(21-8-2-3-9-23(21)32-29)30(36)38-17-27(35)33-16-26(34)31-24-10-4-5-11-25(24)33/h2-12,15,18H,13-14,16-17H2,1H3,(H,31,34)/b19-15-/t18-/m1/s1. The third-order valence-electron chi connectivity index (χ3n) is 6.88. The molecule has 0 fully saturated rings. The van der Waals surface area contributed by atoms with E-state index >= 15 is 0 Å². The fourth-order valence-corrected chi connectivity index (χ4v) is 5.25. The molecule has 0 unspecified atom stereocenters. The number of fused-ring (bicyclic) bond motifs is 3. The quantitative estimate of drug-likeness (QED) is 0.386. The van der Waals surface area contributed by atoms with Crippen LogP contribution in [0.3, 0.4) is 0 Å². The van der Waals surface area contributed by atoms with E-state index < -0.39 is 18.5 Å². The minimum Gasteiger partial charge on any atom is -0.465 e. The van der Waals surface area contributed by atoms with Gasteiger partial charge in [0.1, 0.15) is 12.3 Å². The summed E-state index contributed by atoms with van der Waals surface area (Å²) in [6.07, 6.45) is 5.04. The molecule has 2 aromatic carbocycles. The number of benzene rings is 2. The molecule has 3 heterocycles. The van der Waals surface area contributed by atoms with Gasteiger partial charge in [0.25, 0.3) is 5.91 Å². The van der Waals surface area contributed by atoms with Gasteiger partial charge in [0.15, 0.2) is 6.61 Å². The average molecular weight is 508 g/mol. The Balaban J connectivity index is 1.34. The fraction of sp³-hybridized carbons (Fsp3) is 0.200. The number of nitrogens with one attached hydrogen (secondary N) is 1. The number of aromatic nitrogens is 1. The molecule has 2 aromatic heterocycles. The zero-order chi connectivity index (χ0) is 26.2. The zero-order valence-electron chi connectivity index (χ0n) is 20.8. The second-order valence-corrected chi connectivity index (χ2v) is 9.65. The number of hydrogen-bond acceptors (Lipinski definition) is 6. The van der Waals surface area contributed by atoms with E-state index in [4.69, 9.17) is 14.1 Å². The normalized spacial score (nSPS) is 17.6. The lowest BCUT2D eigenvalue weighted by Gasteiger charge is -2.29. The first-order valence-corrected chi connectivity index (χ1v) is 12.5. The van der Waals surface area contributed by atoms with Crippen LogP contribution in [-0.4, -0.2) is 35.9 Å². The van der Waals surface area contributed by atoms with Gasteiger partial charge in [-0.15, -0.1) is 0 Å². The van der Waals surface area contributed by atoms with Gasteiger partial charge >= 0.3 is 5.97 Å². The fourth-order valence-electron chi connectivity index (χ4n) is 5.25. The maximum absolute atomic E-state index is 13.6. The Morgan fingerprint density at radius 1 is 1.11 bits per heavy atom. The lowest BCUT2D eigenvalue weighted by atomic mass is 9.81. The lowest BCUT2D eigenvalue weighted by molar-refractivity contribution is -0.124. The number of carbonyl (C=O) groups excluding carboxylic acids is 3. The molecule has 8 heteroatoms. The Bertz CT molecular complexity index is 1610. The molecular weight excluding hydrogens is 482 g/mol. The van der Waals surface area contributed by atoms with Crippen molar-refractivity contribution in [3.63, 3.8) is 0 Å². The summed E-state index contributed by atoms with van der Waals surface area (Å²) in [7, 11) is 0. The van der Waals surface area contributed by atoms with E-state index in [-0.39, 0.29) is 18.4 Å². The van der Waals surface area contributed by atoms with E-state index in [1.165, 1.54) is 4.90 Å². The Morgan fingerprint density at radius 2 is 1.92 bits per heavy atom. The van der Waals surface area contributed by atoms with Gasteiger partial charge in [-0.2, -0.15) is 0 Å². The summed E-state index contributed by atoms with van der Waals surface area (Å²) in [5.74, 6) is -0.379. The molecule has 4 aromatic rings. The summed E-state index contributed by atoms with van der Waals surface area (Å²) in [6.45, 7) is 1.50. The number of ether oxygens (including phenoxy) is 1. The second kappa shape index (κ2) is 9.63. The summed E-state index contributed by atoms with van der Waals surface area (Å²) in [4.78, 5) is 45.1. The Hall–Kier alpha value is -4.72. The summed E-state index contributed by atoms with van der Waals surface area (Å²) in [6, 6.07) is 18.2. The molecule has 0 saturated carbocycles. The minimum absolute atomic E-state index is 0.139. The van der Waals surface area contributed by atoms with Crippen molar-refractivity contribution in [2.24, 2.45) is 5.92 Å². The minimum atomic E-state index is -0.589. The SMILES string of the molecule is C[C@@H]1C/C(=C/c2ccco2)c2nc3ccccc3c(C(=O)OCC(=O)N3CC(=O)Nc4ccccc43)c2C1. The van der Waals surface area contributed by atoms with Crippen molar-refractivity contribution in [1.29, 1.82) is 0 Å². The van der Waals surface area contributed by atoms with Crippen molar-refractivity contribution in [2.45, 2.75) is 19.8 Å². The molecule has 1 N–H and O–H groups in total. The number of rotatable bonds is 4. The number of furan rings is 1. The number of amides is 2. The van der Waals surface area contributed by atoms with Crippen molar-refractivity contribution < 1.29 is 23.5 Å². The van der Waals surface area contributed by atoms with E-state index in [1.807, 2.05) is 42.5 Å². The number of allylic oxidation sites excluding steroid dienone is 1. The van der Waals surface area contributed by atoms with Crippen LogP contribution in [0.4, 0.5) is 11.4 Å².